The van der Waals surface area contributed by atoms with Gasteiger partial charge in [-0.05, 0) is 35.9 Å². The monoisotopic (exact) mass is 460 g/mol. The van der Waals surface area contributed by atoms with Crippen molar-refractivity contribution in [2.75, 3.05) is 6.26 Å². The molecule has 0 aliphatic heterocycles. The SMILES string of the molecule is CS(=O)(=O)c1nc(-c2ccc(=O)n(Cc3ccc4ncccc4c3)c2)cc(C(F)(F)F)n1. The Morgan fingerprint density at radius 2 is 1.81 bits per heavy atom. The van der Waals surface area contributed by atoms with Crippen LogP contribution in [0, 0.1) is 0 Å². The molecule has 0 aliphatic rings. The zero-order valence-electron chi connectivity index (χ0n) is 16.5. The minimum atomic E-state index is -4.87. The Hall–Kier alpha value is -3.60. The minimum absolute atomic E-state index is 0.143. The molecule has 0 fully saturated rings. The Morgan fingerprint density at radius 1 is 1.03 bits per heavy atom. The first-order chi connectivity index (χ1) is 15.0. The van der Waals surface area contributed by atoms with E-state index in [4.69, 9.17) is 0 Å². The van der Waals surface area contributed by atoms with E-state index in [1.165, 1.54) is 22.9 Å². The van der Waals surface area contributed by atoms with Gasteiger partial charge in [0.2, 0.25) is 15.0 Å². The number of sulfone groups is 1. The number of alkyl halides is 3. The second-order valence-corrected chi connectivity index (χ2v) is 9.01. The average Bonchev–Trinajstić information content (AvgIpc) is 2.73. The molecule has 3 aromatic heterocycles. The Bertz CT molecular complexity index is 1500. The summed E-state index contributed by atoms with van der Waals surface area (Å²) < 4.78 is 64.7. The molecule has 0 aliphatic carbocycles. The molecular formula is C21H15F3N4O3S. The first kappa shape index (κ1) is 21.6. The van der Waals surface area contributed by atoms with Crippen molar-refractivity contribution in [3.05, 3.63) is 82.5 Å². The molecule has 4 rings (SSSR count). The van der Waals surface area contributed by atoms with E-state index in [1.54, 1.807) is 24.4 Å². The van der Waals surface area contributed by atoms with Gasteiger partial charge in [-0.25, -0.2) is 18.4 Å². The topological polar surface area (TPSA) is 94.8 Å². The highest BCUT2D eigenvalue weighted by atomic mass is 32.2. The van der Waals surface area contributed by atoms with Crippen LogP contribution in [0.25, 0.3) is 22.2 Å². The quantitative estimate of drug-likeness (QED) is 0.434. The molecule has 164 valence electrons. The molecule has 3 heterocycles. The molecule has 0 unspecified atom stereocenters. The van der Waals surface area contributed by atoms with E-state index in [0.717, 1.165) is 22.7 Å². The van der Waals surface area contributed by atoms with Crippen LogP contribution >= 0.6 is 0 Å². The lowest BCUT2D eigenvalue weighted by atomic mass is 10.1. The number of aromatic nitrogens is 4. The molecule has 1 aromatic carbocycles. The third kappa shape index (κ3) is 4.52. The summed E-state index contributed by atoms with van der Waals surface area (Å²) >= 11 is 0. The Morgan fingerprint density at radius 3 is 2.53 bits per heavy atom. The second kappa shape index (κ2) is 7.83. The van der Waals surface area contributed by atoms with Crippen molar-refractivity contribution in [3.8, 4) is 11.3 Å². The number of rotatable bonds is 4. The molecule has 0 bridgehead atoms. The van der Waals surface area contributed by atoms with Crippen LogP contribution in [-0.4, -0.2) is 34.2 Å². The fourth-order valence-electron chi connectivity index (χ4n) is 3.11. The van der Waals surface area contributed by atoms with Crippen molar-refractivity contribution in [1.29, 1.82) is 0 Å². The molecule has 0 atom stereocenters. The molecule has 0 spiro atoms. The average molecular weight is 460 g/mol. The number of hydrogen-bond donors (Lipinski definition) is 0. The molecule has 0 radical (unpaired) electrons. The van der Waals surface area contributed by atoms with Crippen molar-refractivity contribution in [3.63, 3.8) is 0 Å². The Balaban J connectivity index is 1.79. The third-order valence-electron chi connectivity index (χ3n) is 4.63. The summed E-state index contributed by atoms with van der Waals surface area (Å²) in [4.78, 5) is 23.5. The van der Waals surface area contributed by atoms with E-state index in [1.807, 2.05) is 12.1 Å². The Kier molecular flexibility index (Phi) is 5.29. The molecule has 7 nitrogen and oxygen atoms in total. The maximum atomic E-state index is 13.3. The first-order valence-electron chi connectivity index (χ1n) is 9.21. The van der Waals surface area contributed by atoms with E-state index >= 15 is 0 Å². The van der Waals surface area contributed by atoms with Gasteiger partial charge in [0.1, 0.15) is 5.69 Å². The minimum Gasteiger partial charge on any atom is -0.310 e. The molecule has 0 saturated heterocycles. The lowest BCUT2D eigenvalue weighted by molar-refractivity contribution is -0.141. The summed E-state index contributed by atoms with van der Waals surface area (Å²) in [7, 11) is -4.10. The van der Waals surface area contributed by atoms with E-state index < -0.39 is 26.9 Å². The van der Waals surface area contributed by atoms with Crippen LogP contribution in [0.15, 0.2) is 70.9 Å². The van der Waals surface area contributed by atoms with Crippen LogP contribution < -0.4 is 5.56 Å². The van der Waals surface area contributed by atoms with Crippen molar-refractivity contribution in [1.82, 2.24) is 19.5 Å². The molecular weight excluding hydrogens is 445 g/mol. The van der Waals surface area contributed by atoms with Gasteiger partial charge in [-0.2, -0.15) is 13.2 Å². The lowest BCUT2D eigenvalue weighted by Gasteiger charge is -2.12. The van der Waals surface area contributed by atoms with Crippen molar-refractivity contribution >= 4 is 20.7 Å². The van der Waals surface area contributed by atoms with E-state index in [9.17, 15) is 26.4 Å². The summed E-state index contributed by atoms with van der Waals surface area (Å²) in [6.07, 6.45) is -1.14. The van der Waals surface area contributed by atoms with Crippen LogP contribution in [-0.2, 0) is 22.6 Å². The third-order valence-corrected chi connectivity index (χ3v) is 5.47. The lowest BCUT2D eigenvalue weighted by Crippen LogP contribution is -2.19. The van der Waals surface area contributed by atoms with E-state index in [0.29, 0.717) is 6.07 Å². The predicted octanol–water partition coefficient (Wildman–Crippen LogP) is 3.32. The van der Waals surface area contributed by atoms with Gasteiger partial charge in [0.25, 0.3) is 5.56 Å². The fourth-order valence-corrected chi connectivity index (χ4v) is 3.64. The van der Waals surface area contributed by atoms with Gasteiger partial charge in [-0.1, -0.05) is 12.1 Å². The van der Waals surface area contributed by atoms with Gasteiger partial charge >= 0.3 is 6.18 Å². The number of pyridine rings is 2. The van der Waals surface area contributed by atoms with Gasteiger partial charge in [0.15, 0.2) is 0 Å². The van der Waals surface area contributed by atoms with Crippen LogP contribution in [0.1, 0.15) is 11.3 Å². The molecule has 4 aromatic rings. The van der Waals surface area contributed by atoms with Crippen LogP contribution in [0.5, 0.6) is 0 Å². The molecule has 0 saturated carbocycles. The number of halogens is 3. The zero-order valence-corrected chi connectivity index (χ0v) is 17.4. The van der Waals surface area contributed by atoms with Gasteiger partial charge < -0.3 is 4.57 Å². The Labute approximate surface area is 180 Å². The number of benzene rings is 1. The molecule has 0 amide bonds. The first-order valence-corrected chi connectivity index (χ1v) is 11.1. The largest absolute Gasteiger partial charge is 0.433 e. The van der Waals surface area contributed by atoms with Gasteiger partial charge in [0.05, 0.1) is 17.8 Å². The zero-order chi connectivity index (χ0) is 23.1. The number of nitrogens with zero attached hydrogens (tertiary/aromatic N) is 4. The van der Waals surface area contributed by atoms with Crippen molar-refractivity contribution < 1.29 is 21.6 Å². The van der Waals surface area contributed by atoms with E-state index in [2.05, 4.69) is 15.0 Å². The molecule has 0 N–H and O–H groups in total. The molecule has 32 heavy (non-hydrogen) atoms. The van der Waals surface area contributed by atoms with Gasteiger partial charge in [-0.3, -0.25) is 9.78 Å². The smallest absolute Gasteiger partial charge is 0.310 e. The highest BCUT2D eigenvalue weighted by molar-refractivity contribution is 7.90. The standard InChI is InChI=1S/C21H15F3N4O3S/c1-32(30,31)20-26-17(10-18(27-20)21(22,23)24)15-5-7-19(29)28(12-15)11-13-4-6-16-14(9-13)3-2-8-25-16/h2-10,12H,11H2,1H3. The normalized spacial score (nSPS) is 12.2. The highest BCUT2D eigenvalue weighted by Gasteiger charge is 2.35. The van der Waals surface area contributed by atoms with Gasteiger partial charge in [-0.15, -0.1) is 0 Å². The maximum absolute atomic E-state index is 13.3. The maximum Gasteiger partial charge on any atom is 0.433 e. The predicted molar refractivity (Wildman–Crippen MR) is 111 cm³/mol. The summed E-state index contributed by atoms with van der Waals surface area (Å²) in [5.41, 5.74) is -0.322. The summed E-state index contributed by atoms with van der Waals surface area (Å²) in [6, 6.07) is 12.2. The van der Waals surface area contributed by atoms with Crippen LogP contribution in [0.2, 0.25) is 0 Å². The molecule has 11 heteroatoms. The fraction of sp³-hybridized carbons (Fsp3) is 0.143. The summed E-state index contributed by atoms with van der Waals surface area (Å²) in [5, 5.41) is -0.0697. The van der Waals surface area contributed by atoms with Crippen LogP contribution in [0.4, 0.5) is 13.2 Å². The summed E-state index contributed by atoms with van der Waals surface area (Å²) in [6.45, 7) is 0.146. The van der Waals surface area contributed by atoms with Crippen LogP contribution in [0.3, 0.4) is 0 Å². The number of fused-ring (bicyclic) bond motifs is 1. The van der Waals surface area contributed by atoms with Gasteiger partial charge in [0, 0.05) is 35.7 Å². The highest BCUT2D eigenvalue weighted by Crippen LogP contribution is 2.30. The van der Waals surface area contributed by atoms with Crippen molar-refractivity contribution in [2.45, 2.75) is 17.9 Å². The number of hydrogen-bond acceptors (Lipinski definition) is 6. The second-order valence-electron chi connectivity index (χ2n) is 7.11. The summed E-state index contributed by atoms with van der Waals surface area (Å²) in [5.74, 6) is 0. The van der Waals surface area contributed by atoms with E-state index in [-0.39, 0.29) is 23.4 Å². The van der Waals surface area contributed by atoms with Crippen molar-refractivity contribution in [2.24, 2.45) is 0 Å².